The molecule has 1 aliphatic heterocycles. The van der Waals surface area contributed by atoms with Crippen molar-refractivity contribution >= 4 is 16.9 Å². The second kappa shape index (κ2) is 9.31. The average Bonchev–Trinajstić information content (AvgIpc) is 3.22. The Morgan fingerprint density at radius 1 is 1.21 bits per heavy atom. The molecule has 0 bridgehead atoms. The number of aromatic nitrogens is 1. The van der Waals surface area contributed by atoms with Crippen LogP contribution in [0.3, 0.4) is 0 Å². The van der Waals surface area contributed by atoms with E-state index in [4.69, 9.17) is 4.74 Å². The van der Waals surface area contributed by atoms with Crippen LogP contribution in [0.1, 0.15) is 39.5 Å². The fraction of sp³-hybridized carbons (Fsp3) is 0.400. The molecule has 2 aromatic carbocycles. The Bertz CT molecular complexity index is 1170. The molecule has 0 aliphatic carbocycles. The number of H-pyrrole nitrogens is 1. The minimum Gasteiger partial charge on any atom is -0.496 e. The number of methoxy groups -OCH3 is 1. The summed E-state index contributed by atoms with van der Waals surface area (Å²) in [6, 6.07) is 7.88. The van der Waals surface area contributed by atoms with Crippen LogP contribution in [0.4, 0.5) is 13.2 Å². The molecular weight excluding hydrogens is 447 g/mol. The lowest BCUT2D eigenvalue weighted by atomic mass is 9.95. The molecule has 2 heterocycles. The molecule has 0 amide bonds. The van der Waals surface area contributed by atoms with Gasteiger partial charge in [-0.05, 0) is 55.8 Å². The Hall–Kier alpha value is -3.04. The highest BCUT2D eigenvalue weighted by Gasteiger charge is 2.46. The highest BCUT2D eigenvalue weighted by atomic mass is 19.4. The van der Waals surface area contributed by atoms with Crippen LogP contribution >= 0.6 is 0 Å². The number of likely N-dealkylation sites (N-methyl/N-ethyl adjacent to an activating group) is 1. The molecule has 1 saturated heterocycles. The second-order valence-electron chi connectivity index (χ2n) is 8.83. The second-order valence-corrected chi connectivity index (χ2v) is 8.83. The molecule has 1 fully saturated rings. The topological polar surface area (TPSA) is 68.8 Å². The van der Waals surface area contributed by atoms with E-state index in [9.17, 15) is 23.1 Å². The number of carbonyl (C=O) groups is 1. The zero-order valence-corrected chi connectivity index (χ0v) is 19.3. The van der Waals surface area contributed by atoms with E-state index in [1.807, 2.05) is 30.2 Å². The van der Waals surface area contributed by atoms with E-state index in [0.29, 0.717) is 24.4 Å². The van der Waals surface area contributed by atoms with Crippen molar-refractivity contribution in [2.75, 3.05) is 27.2 Å². The van der Waals surface area contributed by atoms with Gasteiger partial charge in [-0.3, -0.25) is 9.80 Å². The number of aromatic carboxylic acids is 1. The van der Waals surface area contributed by atoms with Crippen LogP contribution in [-0.2, 0) is 6.54 Å². The number of rotatable bonds is 5. The Kier molecular flexibility index (Phi) is 6.60. The zero-order valence-electron chi connectivity index (χ0n) is 19.3. The molecule has 3 aromatic rings. The van der Waals surface area contributed by atoms with Crippen molar-refractivity contribution < 1.29 is 27.8 Å². The van der Waals surface area contributed by atoms with Crippen molar-refractivity contribution in [2.24, 2.45) is 0 Å². The first-order valence-electron chi connectivity index (χ1n) is 11.1. The lowest BCUT2D eigenvalue weighted by molar-refractivity contribution is -0.181. The minimum absolute atomic E-state index is 0.0997. The number of aromatic amines is 1. The third-order valence-electron chi connectivity index (χ3n) is 6.77. The van der Waals surface area contributed by atoms with E-state index in [-0.39, 0.29) is 18.5 Å². The summed E-state index contributed by atoms with van der Waals surface area (Å²) in [6.07, 6.45) is -2.69. The summed E-state index contributed by atoms with van der Waals surface area (Å²) in [7, 11) is 3.10. The van der Waals surface area contributed by atoms with Crippen molar-refractivity contribution in [1.29, 1.82) is 0 Å². The van der Waals surface area contributed by atoms with E-state index in [0.717, 1.165) is 22.0 Å². The number of aryl methyl sites for hydroxylation is 1. The van der Waals surface area contributed by atoms with Crippen LogP contribution in [0.5, 0.6) is 5.75 Å². The van der Waals surface area contributed by atoms with Gasteiger partial charge in [0.1, 0.15) is 11.8 Å². The predicted octanol–water partition coefficient (Wildman–Crippen LogP) is 4.99. The smallest absolute Gasteiger partial charge is 0.404 e. The van der Waals surface area contributed by atoms with E-state index >= 15 is 0 Å². The fourth-order valence-corrected chi connectivity index (χ4v) is 4.89. The normalized spacial score (nSPS) is 20.4. The molecule has 6 nitrogen and oxygen atoms in total. The maximum Gasteiger partial charge on any atom is 0.404 e. The van der Waals surface area contributed by atoms with E-state index < -0.39 is 24.2 Å². The zero-order chi connectivity index (χ0) is 24.6. The van der Waals surface area contributed by atoms with Crippen LogP contribution < -0.4 is 4.74 Å². The molecule has 2 N–H and O–H groups in total. The molecule has 2 atom stereocenters. The van der Waals surface area contributed by atoms with Crippen LogP contribution in [0.2, 0.25) is 0 Å². The summed E-state index contributed by atoms with van der Waals surface area (Å²) in [4.78, 5) is 17.9. The van der Waals surface area contributed by atoms with E-state index in [1.165, 1.54) is 24.1 Å². The van der Waals surface area contributed by atoms with Gasteiger partial charge in [-0.15, -0.1) is 0 Å². The number of nitrogens with one attached hydrogen (secondary N) is 1. The number of halogens is 3. The largest absolute Gasteiger partial charge is 0.496 e. The number of benzene rings is 2. The lowest BCUT2D eigenvalue weighted by Gasteiger charge is -2.32. The van der Waals surface area contributed by atoms with Gasteiger partial charge < -0.3 is 14.8 Å². The molecule has 1 aliphatic rings. The Morgan fingerprint density at radius 3 is 2.53 bits per heavy atom. The molecule has 1 aromatic heterocycles. The third-order valence-corrected chi connectivity index (χ3v) is 6.77. The van der Waals surface area contributed by atoms with Gasteiger partial charge in [0.05, 0.1) is 12.7 Å². The summed E-state index contributed by atoms with van der Waals surface area (Å²) in [5.74, 6) is -0.383. The van der Waals surface area contributed by atoms with Crippen LogP contribution in [0, 0.1) is 6.92 Å². The number of alkyl halides is 3. The van der Waals surface area contributed by atoms with Gasteiger partial charge in [0.25, 0.3) is 0 Å². The fourth-order valence-electron chi connectivity index (χ4n) is 4.89. The van der Waals surface area contributed by atoms with Crippen molar-refractivity contribution in [3.05, 3.63) is 64.8 Å². The van der Waals surface area contributed by atoms with Gasteiger partial charge in [-0.1, -0.05) is 12.1 Å². The average molecular weight is 476 g/mol. The predicted molar refractivity (Wildman–Crippen MR) is 123 cm³/mol. The molecule has 9 heteroatoms. The molecule has 0 spiro atoms. The Labute approximate surface area is 195 Å². The highest BCUT2D eigenvalue weighted by Crippen LogP contribution is 2.39. The number of carboxylic acids is 1. The Morgan fingerprint density at radius 2 is 1.91 bits per heavy atom. The van der Waals surface area contributed by atoms with Gasteiger partial charge in [-0.25, -0.2) is 4.79 Å². The summed E-state index contributed by atoms with van der Waals surface area (Å²) in [5.41, 5.74) is 3.66. The van der Waals surface area contributed by atoms with E-state index in [1.54, 1.807) is 19.2 Å². The standard InChI is InChI=1S/C25H28F3N3O3/c1-15-12-21(34-3)19(18-8-9-29-23(15)18)14-31-11-10-30(2)22(25(26,27)28)13-20(31)16-4-6-17(7-5-16)24(32)33/h4-9,12,20,22,29H,10-11,13-14H2,1-3H3,(H,32,33). The number of ether oxygens (including phenoxy) is 1. The molecule has 182 valence electrons. The monoisotopic (exact) mass is 475 g/mol. The summed E-state index contributed by atoms with van der Waals surface area (Å²) in [5, 5.41) is 10.2. The SMILES string of the molecule is COc1cc(C)c2[nH]ccc2c1CN1CCN(C)C(C(F)(F)F)CC1c1ccc(C(=O)O)cc1. The first kappa shape index (κ1) is 24.1. The lowest BCUT2D eigenvalue weighted by Crippen LogP contribution is -2.43. The van der Waals surface area contributed by atoms with Gasteiger partial charge >= 0.3 is 12.1 Å². The van der Waals surface area contributed by atoms with Crippen molar-refractivity contribution in [3.63, 3.8) is 0 Å². The maximum absolute atomic E-state index is 14.0. The van der Waals surface area contributed by atoms with Crippen molar-refractivity contribution in [2.45, 2.75) is 38.1 Å². The van der Waals surface area contributed by atoms with Crippen LogP contribution in [-0.4, -0.2) is 65.3 Å². The highest BCUT2D eigenvalue weighted by molar-refractivity contribution is 5.88. The molecule has 2 unspecified atom stereocenters. The van der Waals surface area contributed by atoms with Crippen molar-refractivity contribution in [1.82, 2.24) is 14.8 Å². The number of nitrogens with zero attached hydrogens (tertiary/aromatic N) is 2. The quantitative estimate of drug-likeness (QED) is 0.544. The number of carboxylic acid groups (broad SMARTS) is 1. The summed E-state index contributed by atoms with van der Waals surface area (Å²) >= 11 is 0. The van der Waals surface area contributed by atoms with E-state index in [2.05, 4.69) is 4.98 Å². The molecule has 34 heavy (non-hydrogen) atoms. The van der Waals surface area contributed by atoms with Gasteiger partial charge in [-0.2, -0.15) is 13.2 Å². The third kappa shape index (κ3) is 4.63. The molecule has 4 rings (SSSR count). The number of hydrogen-bond acceptors (Lipinski definition) is 4. The maximum atomic E-state index is 14.0. The number of fused-ring (bicyclic) bond motifs is 1. The minimum atomic E-state index is -4.38. The van der Waals surface area contributed by atoms with Gasteiger partial charge in [0, 0.05) is 48.3 Å². The summed E-state index contributed by atoms with van der Waals surface area (Å²) < 4.78 is 47.5. The van der Waals surface area contributed by atoms with Crippen LogP contribution in [0.15, 0.2) is 42.6 Å². The first-order valence-corrected chi connectivity index (χ1v) is 11.1. The molecular formula is C25H28F3N3O3. The summed E-state index contributed by atoms with van der Waals surface area (Å²) in [6.45, 7) is 3.03. The Balaban J connectivity index is 1.78. The van der Waals surface area contributed by atoms with Crippen molar-refractivity contribution in [3.8, 4) is 5.75 Å². The van der Waals surface area contributed by atoms with Crippen LogP contribution in [0.25, 0.3) is 10.9 Å². The molecule has 0 radical (unpaired) electrons. The van der Waals surface area contributed by atoms with Gasteiger partial charge in [0.2, 0.25) is 0 Å². The van der Waals surface area contributed by atoms with Gasteiger partial charge in [0.15, 0.2) is 0 Å². The number of hydrogen-bond donors (Lipinski definition) is 2. The first-order chi connectivity index (χ1) is 16.1. The molecule has 0 saturated carbocycles.